The molecule has 0 saturated carbocycles. The second kappa shape index (κ2) is 14.5. The van der Waals surface area contributed by atoms with Gasteiger partial charge in [0, 0.05) is 12.7 Å². The Morgan fingerprint density at radius 3 is 2.24 bits per heavy atom. The second-order valence-electron chi connectivity index (χ2n) is 10.4. The van der Waals surface area contributed by atoms with Crippen LogP contribution < -0.4 is 21.3 Å². The van der Waals surface area contributed by atoms with Crippen molar-refractivity contribution in [2.24, 2.45) is 0 Å². The lowest BCUT2D eigenvalue weighted by Crippen LogP contribution is -2.39. The van der Waals surface area contributed by atoms with E-state index in [4.69, 9.17) is 15.2 Å². The predicted molar refractivity (Wildman–Crippen MR) is 165 cm³/mol. The van der Waals surface area contributed by atoms with Crippen molar-refractivity contribution < 1.29 is 19.1 Å². The molecule has 0 spiro atoms. The van der Waals surface area contributed by atoms with Crippen LogP contribution in [-0.4, -0.2) is 50.7 Å². The first-order valence-electron chi connectivity index (χ1n) is 14.1. The Morgan fingerprint density at radius 2 is 1.71 bits per heavy atom. The fourth-order valence-corrected chi connectivity index (χ4v) is 4.59. The molecule has 42 heavy (non-hydrogen) atoms. The van der Waals surface area contributed by atoms with Crippen molar-refractivity contribution in [3.05, 3.63) is 69.5 Å². The van der Waals surface area contributed by atoms with Crippen LogP contribution in [0.15, 0.2) is 41.7 Å². The number of nitrogens with one attached hydrogen (secondary N) is 1. The van der Waals surface area contributed by atoms with Crippen molar-refractivity contribution >= 4 is 23.5 Å². The molecule has 0 aliphatic heterocycles. The number of amides is 2. The lowest BCUT2D eigenvalue weighted by molar-refractivity contribution is 0.0165. The van der Waals surface area contributed by atoms with Gasteiger partial charge in [0.15, 0.2) is 0 Å². The molecule has 2 amide bonds. The Balaban J connectivity index is 0.00000301. The van der Waals surface area contributed by atoms with Crippen LogP contribution in [0.5, 0.6) is 5.75 Å². The van der Waals surface area contributed by atoms with E-state index in [2.05, 4.69) is 15.3 Å². The summed E-state index contributed by atoms with van der Waals surface area (Å²) >= 11 is 0. The van der Waals surface area contributed by atoms with Gasteiger partial charge >= 0.3 is 6.09 Å². The molecule has 1 aromatic carbocycles. The first-order valence-corrected chi connectivity index (χ1v) is 14.1. The van der Waals surface area contributed by atoms with Crippen LogP contribution in [0.25, 0.3) is 5.69 Å². The lowest BCUT2D eigenvalue weighted by Gasteiger charge is -2.32. The molecule has 0 saturated heterocycles. The summed E-state index contributed by atoms with van der Waals surface area (Å²) in [4.78, 5) is 49.7. The molecular weight excluding hydrogens is 536 g/mol. The molecule has 3 aromatic rings. The van der Waals surface area contributed by atoms with Crippen LogP contribution in [-0.2, 0) is 4.74 Å². The number of hydrogen-bond donors (Lipinski definition) is 2. The predicted octanol–water partition coefficient (Wildman–Crippen LogP) is 5.82. The summed E-state index contributed by atoms with van der Waals surface area (Å²) in [7, 11) is 1.57. The molecule has 0 aliphatic carbocycles. The maximum atomic E-state index is 13.5. The van der Waals surface area contributed by atoms with Gasteiger partial charge in [-0.15, -0.1) is 0 Å². The Morgan fingerprint density at radius 1 is 1.10 bits per heavy atom. The van der Waals surface area contributed by atoms with Crippen LogP contribution in [0.1, 0.15) is 88.0 Å². The number of nitrogens with zero attached hydrogens (tertiary/aromatic N) is 4. The average Bonchev–Trinajstić information content (AvgIpc) is 2.92. The van der Waals surface area contributed by atoms with E-state index in [1.807, 2.05) is 62.3 Å². The number of benzene rings is 1. The highest BCUT2D eigenvalue weighted by molar-refractivity contribution is 6.06. The Labute approximate surface area is 248 Å². The van der Waals surface area contributed by atoms with Gasteiger partial charge in [0.2, 0.25) is 0 Å². The summed E-state index contributed by atoms with van der Waals surface area (Å²) in [5.74, 6) is -0.265. The normalized spacial score (nSPS) is 11.6. The van der Waals surface area contributed by atoms with Gasteiger partial charge < -0.3 is 25.4 Å². The van der Waals surface area contributed by atoms with Gasteiger partial charge in [-0.1, -0.05) is 20.8 Å². The molecule has 2 heterocycles. The van der Waals surface area contributed by atoms with E-state index < -0.39 is 23.2 Å². The van der Waals surface area contributed by atoms with Crippen molar-refractivity contribution in [1.82, 2.24) is 19.4 Å². The zero-order chi connectivity index (χ0) is 31.8. The van der Waals surface area contributed by atoms with Crippen LogP contribution in [0.4, 0.5) is 16.3 Å². The Hall–Kier alpha value is -4.41. The van der Waals surface area contributed by atoms with Gasteiger partial charge in [-0.25, -0.2) is 9.78 Å². The standard InChI is InChI=1S/C29H38N6O5.C2H6/c1-9-22(34(10-2)28(38)40-29(5,6)7)19-13-20(15-31-14-19)33-26(36)23-25(30)32-16-35(27(23)37)24-17(3)11-21(39-8)12-18(24)4;1-2/h11-16,22H,9-10,30H2,1-8H3,(H,33,36);1-2H3. The molecule has 1 atom stereocenters. The molecule has 0 aliphatic rings. The minimum Gasteiger partial charge on any atom is -0.497 e. The Kier molecular flexibility index (Phi) is 11.6. The fraction of sp³-hybridized carbons (Fsp3) is 0.452. The van der Waals surface area contributed by atoms with Crippen molar-refractivity contribution in [2.75, 3.05) is 24.7 Å². The summed E-state index contributed by atoms with van der Waals surface area (Å²) in [6.45, 7) is 17.3. The summed E-state index contributed by atoms with van der Waals surface area (Å²) in [5.41, 5.74) is 7.63. The summed E-state index contributed by atoms with van der Waals surface area (Å²) < 4.78 is 12.2. The number of methoxy groups -OCH3 is 1. The SMILES string of the molecule is CC.CCC(c1cncc(NC(=O)c2c(N)ncn(-c3c(C)cc(OC)cc3C)c2=O)c1)N(CC)C(=O)OC(C)(C)C. The number of aromatic nitrogens is 3. The van der Waals surface area contributed by atoms with E-state index in [-0.39, 0.29) is 17.4 Å². The van der Waals surface area contributed by atoms with E-state index >= 15 is 0 Å². The van der Waals surface area contributed by atoms with Crippen LogP contribution in [0, 0.1) is 13.8 Å². The number of anilines is 2. The van der Waals surface area contributed by atoms with E-state index in [1.165, 1.54) is 17.1 Å². The van der Waals surface area contributed by atoms with Gasteiger partial charge in [0.25, 0.3) is 11.5 Å². The smallest absolute Gasteiger partial charge is 0.410 e. The fourth-order valence-electron chi connectivity index (χ4n) is 4.59. The second-order valence-corrected chi connectivity index (χ2v) is 10.4. The van der Waals surface area contributed by atoms with Gasteiger partial charge in [-0.2, -0.15) is 0 Å². The van der Waals surface area contributed by atoms with Crippen LogP contribution >= 0.6 is 0 Å². The topological polar surface area (TPSA) is 142 Å². The maximum Gasteiger partial charge on any atom is 0.410 e. The summed E-state index contributed by atoms with van der Waals surface area (Å²) in [5, 5.41) is 2.72. The number of nitrogens with two attached hydrogens (primary N) is 1. The zero-order valence-corrected chi connectivity index (χ0v) is 26.4. The van der Waals surface area contributed by atoms with E-state index in [0.717, 1.165) is 11.1 Å². The Bertz CT molecular complexity index is 1440. The number of nitrogen functional groups attached to an aromatic ring is 1. The van der Waals surface area contributed by atoms with Crippen molar-refractivity contribution in [1.29, 1.82) is 0 Å². The molecule has 0 radical (unpaired) electrons. The summed E-state index contributed by atoms with van der Waals surface area (Å²) in [6.07, 6.45) is 4.55. The van der Waals surface area contributed by atoms with Gasteiger partial charge in [-0.3, -0.25) is 19.1 Å². The van der Waals surface area contributed by atoms with Crippen molar-refractivity contribution in [2.45, 2.75) is 80.4 Å². The summed E-state index contributed by atoms with van der Waals surface area (Å²) in [6, 6.07) is 4.96. The molecule has 0 bridgehead atoms. The molecule has 228 valence electrons. The number of pyridine rings is 1. The minimum absolute atomic E-state index is 0.194. The third kappa shape index (κ3) is 7.86. The minimum atomic E-state index is -0.723. The maximum absolute atomic E-state index is 13.5. The van der Waals surface area contributed by atoms with E-state index in [1.54, 1.807) is 36.4 Å². The third-order valence-electron chi connectivity index (χ3n) is 6.30. The molecule has 11 heteroatoms. The first-order chi connectivity index (χ1) is 19.8. The molecule has 11 nitrogen and oxygen atoms in total. The quantitative estimate of drug-likeness (QED) is 0.339. The monoisotopic (exact) mass is 580 g/mol. The van der Waals surface area contributed by atoms with Crippen molar-refractivity contribution in [3.63, 3.8) is 0 Å². The number of rotatable bonds is 8. The lowest BCUT2D eigenvalue weighted by atomic mass is 10.0. The molecule has 1 unspecified atom stereocenters. The first kappa shape index (κ1) is 33.8. The number of carbonyl (C=O) groups is 2. The van der Waals surface area contributed by atoms with E-state index in [9.17, 15) is 14.4 Å². The molecular formula is C31H44N6O5. The highest BCUT2D eigenvalue weighted by Crippen LogP contribution is 2.28. The van der Waals surface area contributed by atoms with Gasteiger partial charge in [0.05, 0.1) is 30.7 Å². The molecule has 2 aromatic heterocycles. The van der Waals surface area contributed by atoms with Gasteiger partial charge in [-0.05, 0) is 82.9 Å². The number of hydrogen-bond acceptors (Lipinski definition) is 8. The zero-order valence-electron chi connectivity index (χ0n) is 26.4. The van der Waals surface area contributed by atoms with Gasteiger partial charge in [0.1, 0.15) is 29.1 Å². The third-order valence-corrected chi connectivity index (χ3v) is 6.30. The van der Waals surface area contributed by atoms with E-state index in [0.29, 0.717) is 35.7 Å². The van der Waals surface area contributed by atoms with Crippen LogP contribution in [0.3, 0.4) is 0 Å². The highest BCUT2D eigenvalue weighted by Gasteiger charge is 2.28. The number of carbonyl (C=O) groups excluding carboxylic acids is 2. The largest absolute Gasteiger partial charge is 0.497 e. The van der Waals surface area contributed by atoms with Crippen molar-refractivity contribution in [3.8, 4) is 11.4 Å². The molecule has 3 N–H and O–H groups in total. The number of ether oxygens (including phenoxy) is 2. The molecule has 0 fully saturated rings. The molecule has 3 rings (SSSR count). The highest BCUT2D eigenvalue weighted by atomic mass is 16.6. The van der Waals surface area contributed by atoms with Crippen LogP contribution in [0.2, 0.25) is 0 Å². The average molecular weight is 581 g/mol. The number of aryl methyl sites for hydroxylation is 2.